The predicted octanol–water partition coefficient (Wildman–Crippen LogP) is 3.02. The first kappa shape index (κ1) is 8.11. The highest BCUT2D eigenvalue weighted by Crippen LogP contribution is 2.31. The van der Waals surface area contributed by atoms with E-state index in [2.05, 4.69) is 37.6 Å². The Morgan fingerprint density at radius 2 is 1.90 bits per heavy atom. The first-order valence-electron chi connectivity index (χ1n) is 3.98. The van der Waals surface area contributed by atoms with Gasteiger partial charge in [0.25, 0.3) is 14.1 Å². The Balaban J connectivity index is 2.78. The van der Waals surface area contributed by atoms with Gasteiger partial charge in [-0.15, -0.1) is 11.6 Å². The van der Waals surface area contributed by atoms with E-state index >= 15 is 0 Å². The van der Waals surface area contributed by atoms with Crippen LogP contribution >= 0.6 is 0 Å². The largest absolute Gasteiger partial charge is 0.270 e. The smallest absolute Gasteiger partial charge is 0.105 e. The maximum absolute atomic E-state index is 2.41. The minimum Gasteiger partial charge on any atom is -0.105 e. The molecular weight excluding hydrogens is 135 g/mol. The van der Waals surface area contributed by atoms with Crippen LogP contribution in [0.25, 0.3) is 0 Å². The quantitative estimate of drug-likeness (QED) is 0.504. The van der Waals surface area contributed by atoms with Gasteiger partial charge in [0.15, 0.2) is 0 Å². The van der Waals surface area contributed by atoms with Crippen molar-refractivity contribution in [3.05, 3.63) is 23.3 Å². The van der Waals surface area contributed by atoms with Crippen LogP contribution in [0.15, 0.2) is 23.3 Å². The highest BCUT2D eigenvalue weighted by molar-refractivity contribution is 6.59. The van der Waals surface area contributed by atoms with E-state index < -0.39 is 14.1 Å². The van der Waals surface area contributed by atoms with Gasteiger partial charge in [-0.1, -0.05) is 23.3 Å². The molecule has 0 radical (unpaired) electrons. The van der Waals surface area contributed by atoms with Crippen LogP contribution in [-0.4, -0.2) is 14.1 Å². The highest BCUT2D eigenvalue weighted by Gasteiger charge is 2.21. The third-order valence-electron chi connectivity index (χ3n) is 2.39. The van der Waals surface area contributed by atoms with Crippen LogP contribution in [0.1, 0.15) is 13.8 Å². The summed E-state index contributed by atoms with van der Waals surface area (Å²) in [6.07, 6.45) is 4.65. The molecule has 1 rings (SSSR count). The van der Waals surface area contributed by atoms with Crippen molar-refractivity contribution >= 4 is 14.1 Å². The average molecular weight is 150 g/mol. The molecule has 0 heterocycles. The summed E-state index contributed by atoms with van der Waals surface area (Å²) < 4.78 is 0.847. The van der Waals surface area contributed by atoms with Crippen LogP contribution in [0.2, 0.25) is 16.4 Å². The normalized spacial score (nSPS) is 24.2. The summed E-state index contributed by atoms with van der Waals surface area (Å²) in [7, 11) is 0. The molecule has 0 amide bonds. The summed E-state index contributed by atoms with van der Waals surface area (Å²) in [6.45, 7) is 4.48. The Labute approximate surface area is 68.0 Å². The monoisotopic (exact) mass is 150 g/mol. The van der Waals surface area contributed by atoms with Crippen LogP contribution in [0, 0.1) is 0 Å². The van der Waals surface area contributed by atoms with Gasteiger partial charge in [0.05, 0.1) is 0 Å². The zero-order chi connectivity index (χ0) is 7.72. The summed E-state index contributed by atoms with van der Waals surface area (Å²) in [5, 5.41) is 0. The number of rotatable bonds is 1. The lowest BCUT2D eigenvalue weighted by Crippen LogP contribution is -2.09. The second-order valence-electron chi connectivity index (χ2n) is 3.49. The van der Waals surface area contributed by atoms with Crippen LogP contribution in [0.4, 0.5) is 0 Å². The van der Waals surface area contributed by atoms with E-state index in [1.807, 2.05) is 0 Å². The number of allylic oxidation sites excluding steroid dienone is 4. The Morgan fingerprint density at radius 1 is 1.30 bits per heavy atom. The van der Waals surface area contributed by atoms with E-state index in [9.17, 15) is 0 Å². The molecule has 0 aromatic carbocycles. The summed E-state index contributed by atoms with van der Waals surface area (Å²) in [6, 6.07) is 0. The minimum atomic E-state index is -0.464. The first-order chi connectivity index (χ1) is 4.63. The zero-order valence-corrected chi connectivity index (χ0v) is 8.46. The second-order valence-corrected chi connectivity index (χ2v) is 6.70. The lowest BCUT2D eigenvalue weighted by Gasteiger charge is -2.10. The van der Waals surface area contributed by atoms with Crippen LogP contribution in [-0.2, 0) is 0 Å². The van der Waals surface area contributed by atoms with Gasteiger partial charge in [-0.05, 0) is 18.6 Å². The van der Waals surface area contributed by atoms with E-state index in [-0.39, 0.29) is 0 Å². The molecule has 0 aliphatic heterocycles. The van der Waals surface area contributed by atoms with Gasteiger partial charge >= 0.3 is 0 Å². The third-order valence-corrected chi connectivity index (χ3v) is 4.55. The van der Waals surface area contributed by atoms with Crippen molar-refractivity contribution in [2.24, 2.45) is 0 Å². The molecule has 0 saturated carbocycles. The second kappa shape index (κ2) is 2.95. The fourth-order valence-electron chi connectivity index (χ4n) is 1.51. The Kier molecular flexibility index (Phi) is 2.39. The van der Waals surface area contributed by atoms with E-state index in [4.69, 9.17) is 0 Å². The SMILES string of the molecule is CC1=C(C)[CH]([Al]([CH3])[CH3])C=C1. The molecule has 54 valence electrons. The molecule has 1 atom stereocenters. The van der Waals surface area contributed by atoms with Crippen molar-refractivity contribution < 1.29 is 0 Å². The van der Waals surface area contributed by atoms with Crippen LogP contribution < -0.4 is 0 Å². The summed E-state index contributed by atoms with van der Waals surface area (Å²) in [5.41, 5.74) is 3.10. The van der Waals surface area contributed by atoms with Gasteiger partial charge in [0.1, 0.15) is 0 Å². The highest BCUT2D eigenvalue weighted by atomic mass is 27.2. The van der Waals surface area contributed by atoms with Crippen molar-refractivity contribution in [3.8, 4) is 0 Å². The van der Waals surface area contributed by atoms with Crippen molar-refractivity contribution in [1.82, 2.24) is 0 Å². The van der Waals surface area contributed by atoms with Gasteiger partial charge in [-0.2, -0.15) is 0 Å². The molecule has 0 spiro atoms. The Morgan fingerprint density at radius 3 is 2.10 bits per heavy atom. The molecule has 0 aromatic heterocycles. The van der Waals surface area contributed by atoms with E-state index in [1.165, 1.54) is 5.57 Å². The maximum Gasteiger partial charge on any atom is 0.270 e. The summed E-state index contributed by atoms with van der Waals surface area (Å²) in [5.74, 6) is 4.83. The van der Waals surface area contributed by atoms with Gasteiger partial charge in [-0.25, -0.2) is 0 Å². The van der Waals surface area contributed by atoms with Crippen molar-refractivity contribution in [2.45, 2.75) is 30.2 Å². The molecule has 1 aliphatic rings. The topological polar surface area (TPSA) is 0 Å². The Hall–Kier alpha value is 0.0125. The Bertz CT molecular complexity index is 187. The molecule has 0 fully saturated rings. The van der Waals surface area contributed by atoms with Crippen LogP contribution in [0.5, 0.6) is 0 Å². The van der Waals surface area contributed by atoms with E-state index in [0.717, 1.165) is 4.78 Å². The van der Waals surface area contributed by atoms with Crippen molar-refractivity contribution in [2.75, 3.05) is 0 Å². The molecule has 10 heavy (non-hydrogen) atoms. The van der Waals surface area contributed by atoms with Crippen LogP contribution in [0.3, 0.4) is 0 Å². The van der Waals surface area contributed by atoms with Gasteiger partial charge in [0, 0.05) is 0 Å². The van der Waals surface area contributed by atoms with Crippen molar-refractivity contribution in [1.29, 1.82) is 0 Å². The zero-order valence-electron chi connectivity index (χ0n) is 7.31. The molecule has 0 bridgehead atoms. The third kappa shape index (κ3) is 1.36. The average Bonchev–Trinajstić information content (AvgIpc) is 2.14. The van der Waals surface area contributed by atoms with Gasteiger partial charge in [-0.3, -0.25) is 0 Å². The van der Waals surface area contributed by atoms with Crippen molar-refractivity contribution in [3.63, 3.8) is 0 Å². The lowest BCUT2D eigenvalue weighted by atomic mass is 10.2. The standard InChI is InChI=1S/C7H9.2CH3.Al/c1-6-4-3-5-7(6)2;;;/h3-5H,1-2H3;2*1H3;. The molecule has 0 nitrogen and oxygen atoms in total. The van der Waals surface area contributed by atoms with Gasteiger partial charge < -0.3 is 0 Å². The maximum atomic E-state index is 2.41. The predicted molar refractivity (Wildman–Crippen MR) is 48.7 cm³/mol. The summed E-state index contributed by atoms with van der Waals surface area (Å²) >= 11 is -0.464. The lowest BCUT2D eigenvalue weighted by molar-refractivity contribution is 1.17. The molecule has 0 N–H and O–H groups in total. The minimum absolute atomic E-state index is 0.464. The molecule has 1 heteroatoms. The molecule has 1 unspecified atom stereocenters. The fraction of sp³-hybridized carbons (Fsp3) is 0.556. The van der Waals surface area contributed by atoms with Gasteiger partial charge in [0.2, 0.25) is 0 Å². The molecule has 0 saturated heterocycles. The molecule has 1 aliphatic carbocycles. The van der Waals surface area contributed by atoms with E-state index in [1.54, 1.807) is 5.57 Å². The molecule has 0 aromatic rings. The first-order valence-corrected chi connectivity index (χ1v) is 6.96. The van der Waals surface area contributed by atoms with E-state index in [0.29, 0.717) is 0 Å². The number of hydrogen-bond acceptors (Lipinski definition) is 0. The number of hydrogen-bond donors (Lipinski definition) is 0. The fourth-order valence-corrected chi connectivity index (χ4v) is 3.33. The molecular formula is C9H15Al. The summed E-state index contributed by atoms with van der Waals surface area (Å²) in [4.78, 5) is 0.